The Labute approximate surface area is 512 Å². The molecule has 0 aliphatic rings. The third kappa shape index (κ3) is 68.0. The zero-order chi connectivity index (χ0) is 59.9. The minimum atomic E-state index is -0.799. The first-order valence-corrected chi connectivity index (χ1v) is 34.3. The van der Waals surface area contributed by atoms with Crippen molar-refractivity contribution in [1.82, 2.24) is 0 Å². The molecule has 0 fully saturated rings. The average molecular weight is 1150 g/mol. The second-order valence-electron chi connectivity index (χ2n) is 22.3. The number of allylic oxidation sites excluding steroid dienone is 24. The summed E-state index contributed by atoms with van der Waals surface area (Å²) in [4.78, 5) is 38.3. The molecule has 0 heterocycles. The van der Waals surface area contributed by atoms with Crippen molar-refractivity contribution in [1.29, 1.82) is 0 Å². The lowest BCUT2D eigenvalue weighted by Crippen LogP contribution is -2.30. The van der Waals surface area contributed by atoms with Gasteiger partial charge in [-0.05, 0) is 148 Å². The molecule has 1 atom stereocenters. The Morgan fingerprint density at radius 1 is 0.253 bits per heavy atom. The lowest BCUT2D eigenvalue weighted by Gasteiger charge is -2.18. The number of unbranched alkanes of at least 4 members (excludes halogenated alkanes) is 26. The minimum Gasteiger partial charge on any atom is -0.462 e. The molecular formula is C77H126O6. The second-order valence-corrected chi connectivity index (χ2v) is 22.3. The Balaban J connectivity index is 4.27. The van der Waals surface area contributed by atoms with Crippen LogP contribution < -0.4 is 0 Å². The van der Waals surface area contributed by atoms with Gasteiger partial charge in [-0.25, -0.2) is 0 Å². The molecule has 0 spiro atoms. The summed E-state index contributed by atoms with van der Waals surface area (Å²) in [5, 5.41) is 0. The molecule has 0 N–H and O–H groups in total. The van der Waals surface area contributed by atoms with Crippen molar-refractivity contribution in [3.63, 3.8) is 0 Å². The predicted octanol–water partition coefficient (Wildman–Crippen LogP) is 23.9. The topological polar surface area (TPSA) is 78.9 Å². The fourth-order valence-corrected chi connectivity index (χ4v) is 9.17. The summed E-state index contributed by atoms with van der Waals surface area (Å²) in [7, 11) is 0. The van der Waals surface area contributed by atoms with Crippen molar-refractivity contribution in [3.05, 3.63) is 146 Å². The molecule has 0 aromatic rings. The predicted molar refractivity (Wildman–Crippen MR) is 362 cm³/mol. The molecule has 0 aliphatic carbocycles. The fourth-order valence-electron chi connectivity index (χ4n) is 9.17. The van der Waals surface area contributed by atoms with Crippen molar-refractivity contribution in [2.75, 3.05) is 13.2 Å². The highest BCUT2D eigenvalue weighted by Crippen LogP contribution is 2.15. The largest absolute Gasteiger partial charge is 0.462 e. The third-order valence-electron chi connectivity index (χ3n) is 14.3. The van der Waals surface area contributed by atoms with Gasteiger partial charge in [0, 0.05) is 19.3 Å². The first-order valence-electron chi connectivity index (χ1n) is 34.3. The normalized spacial score (nSPS) is 13.0. The van der Waals surface area contributed by atoms with Crippen LogP contribution in [0.5, 0.6) is 0 Å². The number of hydrogen-bond acceptors (Lipinski definition) is 6. The maximum atomic E-state index is 12.9. The van der Waals surface area contributed by atoms with E-state index in [9.17, 15) is 14.4 Å². The Kier molecular flexibility index (Phi) is 65.8. The van der Waals surface area contributed by atoms with E-state index in [4.69, 9.17) is 14.2 Å². The summed E-state index contributed by atoms with van der Waals surface area (Å²) in [6.07, 6.45) is 100. The maximum absolute atomic E-state index is 12.9. The second kappa shape index (κ2) is 69.8. The highest BCUT2D eigenvalue weighted by atomic mass is 16.6. The van der Waals surface area contributed by atoms with Gasteiger partial charge in [0.2, 0.25) is 0 Å². The smallest absolute Gasteiger partial charge is 0.306 e. The molecule has 6 heteroatoms. The quantitative estimate of drug-likeness (QED) is 0.0261. The summed E-state index contributed by atoms with van der Waals surface area (Å²) < 4.78 is 16.9. The van der Waals surface area contributed by atoms with Crippen LogP contribution in [-0.2, 0) is 28.6 Å². The van der Waals surface area contributed by atoms with Crippen molar-refractivity contribution in [2.45, 2.75) is 309 Å². The molecule has 0 radical (unpaired) electrons. The molecule has 0 saturated heterocycles. The van der Waals surface area contributed by atoms with E-state index in [1.807, 2.05) is 0 Å². The summed E-state index contributed by atoms with van der Waals surface area (Å²) in [5.74, 6) is -0.922. The molecule has 1 unspecified atom stereocenters. The number of ether oxygens (including phenoxy) is 3. The monoisotopic (exact) mass is 1150 g/mol. The van der Waals surface area contributed by atoms with E-state index in [1.165, 1.54) is 96.3 Å². The third-order valence-corrected chi connectivity index (χ3v) is 14.3. The van der Waals surface area contributed by atoms with Gasteiger partial charge < -0.3 is 14.2 Å². The molecule has 0 aliphatic heterocycles. The summed E-state index contributed by atoms with van der Waals surface area (Å²) >= 11 is 0. The standard InChI is InChI=1S/C77H126O6/c1-4-7-10-13-16-19-22-25-28-29-30-31-32-33-34-35-36-37-38-39-40-41-42-43-44-45-46-47-50-52-55-58-61-64-67-70-76(79)82-73-74(83-77(80)71-68-65-62-59-56-53-49-27-24-21-18-15-12-9-6-3)72-81-75(78)69-66-63-60-57-54-51-48-26-23-20-17-14-11-8-5-2/h7,10,16-21,25-28,30-31,33-34,36-37,39-40,42-43,48-49,74H,4-6,8-9,11-15,22-24,29,32,35,38,41,44-47,50-73H2,1-3H3/b10-7-,19-16-,20-17-,21-18-,28-25-,31-30-,34-33-,37-36-,40-39-,43-42-,48-26-,49-27-. The molecule has 470 valence electrons. The minimum absolute atomic E-state index is 0.0936. The van der Waals surface area contributed by atoms with Gasteiger partial charge in [-0.2, -0.15) is 0 Å². The maximum Gasteiger partial charge on any atom is 0.306 e. The van der Waals surface area contributed by atoms with Crippen LogP contribution in [0.25, 0.3) is 0 Å². The zero-order valence-electron chi connectivity index (χ0n) is 53.9. The summed E-state index contributed by atoms with van der Waals surface area (Å²) in [6, 6.07) is 0. The number of rotatable bonds is 61. The van der Waals surface area contributed by atoms with Gasteiger partial charge in [-0.1, -0.05) is 282 Å². The van der Waals surface area contributed by atoms with Gasteiger partial charge in [-0.15, -0.1) is 0 Å². The van der Waals surface area contributed by atoms with E-state index in [-0.39, 0.29) is 31.1 Å². The van der Waals surface area contributed by atoms with Crippen molar-refractivity contribution in [2.24, 2.45) is 0 Å². The van der Waals surface area contributed by atoms with Gasteiger partial charge >= 0.3 is 17.9 Å². The summed E-state index contributed by atoms with van der Waals surface area (Å²) in [6.45, 7) is 6.45. The Morgan fingerprint density at radius 3 is 0.735 bits per heavy atom. The van der Waals surface area contributed by atoms with E-state index in [0.29, 0.717) is 19.3 Å². The van der Waals surface area contributed by atoms with Gasteiger partial charge in [0.25, 0.3) is 0 Å². The first-order chi connectivity index (χ1) is 41.0. The van der Waals surface area contributed by atoms with Crippen LogP contribution in [0, 0.1) is 0 Å². The van der Waals surface area contributed by atoms with Gasteiger partial charge in [0.05, 0.1) is 0 Å². The lowest BCUT2D eigenvalue weighted by molar-refractivity contribution is -0.167. The lowest BCUT2D eigenvalue weighted by atomic mass is 10.1. The number of esters is 3. The Morgan fingerprint density at radius 2 is 0.470 bits per heavy atom. The number of carbonyl (C=O) groups excluding carboxylic acids is 3. The fraction of sp³-hybridized carbons (Fsp3) is 0.649. The number of hydrogen-bond donors (Lipinski definition) is 0. The molecular weight excluding hydrogens is 1020 g/mol. The van der Waals surface area contributed by atoms with Crippen LogP contribution >= 0.6 is 0 Å². The highest BCUT2D eigenvalue weighted by Gasteiger charge is 2.19. The van der Waals surface area contributed by atoms with Crippen molar-refractivity contribution in [3.8, 4) is 0 Å². The summed E-state index contributed by atoms with van der Waals surface area (Å²) in [5.41, 5.74) is 0. The molecule has 0 rings (SSSR count). The van der Waals surface area contributed by atoms with E-state index < -0.39 is 6.10 Å². The molecule has 0 saturated carbocycles. The van der Waals surface area contributed by atoms with Crippen molar-refractivity contribution < 1.29 is 28.6 Å². The Hall–Kier alpha value is -4.71. The van der Waals surface area contributed by atoms with E-state index >= 15 is 0 Å². The highest BCUT2D eigenvalue weighted by molar-refractivity contribution is 5.71. The number of carbonyl (C=O) groups is 3. The van der Waals surface area contributed by atoms with Crippen LogP contribution in [0.1, 0.15) is 303 Å². The Bertz CT molecular complexity index is 1800. The van der Waals surface area contributed by atoms with Gasteiger partial charge in [-0.3, -0.25) is 14.4 Å². The van der Waals surface area contributed by atoms with Gasteiger partial charge in [0.15, 0.2) is 6.10 Å². The van der Waals surface area contributed by atoms with E-state index in [0.717, 1.165) is 167 Å². The van der Waals surface area contributed by atoms with Crippen LogP contribution in [0.3, 0.4) is 0 Å². The molecule has 0 bridgehead atoms. The molecule has 0 aromatic heterocycles. The van der Waals surface area contributed by atoms with Crippen LogP contribution in [0.15, 0.2) is 146 Å². The van der Waals surface area contributed by atoms with Crippen LogP contribution in [0.2, 0.25) is 0 Å². The van der Waals surface area contributed by atoms with E-state index in [1.54, 1.807) is 0 Å². The first kappa shape index (κ1) is 78.3. The molecule has 83 heavy (non-hydrogen) atoms. The molecule has 0 aromatic carbocycles. The SMILES string of the molecule is CC/C=C\C/C=C\C/C=C\C/C=C\C/C=C\C/C=C\C/C=C\C/C=C\CCCCCCCCCCCCC(=O)OCC(COC(=O)CCCCCCC/C=C\C/C=C\CCCCC)OC(=O)CCCCCCC/C=C\C/C=C\CCCCC. The van der Waals surface area contributed by atoms with Crippen LogP contribution in [-0.4, -0.2) is 37.2 Å². The van der Waals surface area contributed by atoms with Crippen LogP contribution in [0.4, 0.5) is 0 Å². The molecule has 0 amide bonds. The molecule has 6 nitrogen and oxygen atoms in total. The van der Waals surface area contributed by atoms with Crippen molar-refractivity contribution >= 4 is 17.9 Å². The van der Waals surface area contributed by atoms with Gasteiger partial charge in [0.1, 0.15) is 13.2 Å². The van der Waals surface area contributed by atoms with E-state index in [2.05, 4.69) is 167 Å². The average Bonchev–Trinajstić information content (AvgIpc) is 3.49. The zero-order valence-corrected chi connectivity index (χ0v) is 53.9.